The van der Waals surface area contributed by atoms with E-state index in [1.807, 2.05) is 36.4 Å². The number of aliphatic carboxylic acids is 1. The third-order valence-electron chi connectivity index (χ3n) is 5.02. The molecule has 1 amide bonds. The van der Waals surface area contributed by atoms with E-state index in [4.69, 9.17) is 4.74 Å². The van der Waals surface area contributed by atoms with Gasteiger partial charge >= 0.3 is 12.1 Å². The standard InChI is InChI=1S/C22H24N2O4/c1-3-4-13-22(2,20(25)26)24-23-21(27)28-14-19-17-11-7-5-9-15(17)16-10-6-8-12-18(16)19/h3-12,19,24H,13-14H2,1-2H3,(H,23,27)(H,25,26). The van der Waals surface area contributed by atoms with Gasteiger partial charge in [-0.3, -0.25) is 10.2 Å². The first-order valence-corrected chi connectivity index (χ1v) is 9.19. The summed E-state index contributed by atoms with van der Waals surface area (Å²) in [5.74, 6) is -1.11. The second-order valence-corrected chi connectivity index (χ2v) is 6.99. The largest absolute Gasteiger partial charge is 0.480 e. The number of hydrazine groups is 1. The number of rotatable bonds is 7. The molecule has 0 saturated heterocycles. The molecular formula is C22H24N2O4. The lowest BCUT2D eigenvalue weighted by atomic mass is 9.98. The van der Waals surface area contributed by atoms with Crippen LogP contribution in [0.4, 0.5) is 4.79 Å². The minimum Gasteiger partial charge on any atom is -0.480 e. The molecule has 0 heterocycles. The Morgan fingerprint density at radius 1 is 1.11 bits per heavy atom. The molecule has 1 aliphatic rings. The van der Waals surface area contributed by atoms with Crippen LogP contribution in [0.3, 0.4) is 0 Å². The summed E-state index contributed by atoms with van der Waals surface area (Å²) in [6.07, 6.45) is 2.99. The van der Waals surface area contributed by atoms with Crippen molar-refractivity contribution in [3.05, 3.63) is 71.8 Å². The van der Waals surface area contributed by atoms with Gasteiger partial charge in [-0.1, -0.05) is 60.7 Å². The van der Waals surface area contributed by atoms with Gasteiger partial charge in [-0.25, -0.2) is 10.2 Å². The van der Waals surface area contributed by atoms with Crippen LogP contribution >= 0.6 is 0 Å². The highest BCUT2D eigenvalue weighted by atomic mass is 16.6. The van der Waals surface area contributed by atoms with E-state index in [-0.39, 0.29) is 18.9 Å². The van der Waals surface area contributed by atoms with Crippen LogP contribution in [0.1, 0.15) is 37.3 Å². The zero-order valence-electron chi connectivity index (χ0n) is 15.9. The Morgan fingerprint density at radius 2 is 1.68 bits per heavy atom. The van der Waals surface area contributed by atoms with Crippen LogP contribution in [0.5, 0.6) is 0 Å². The fourth-order valence-electron chi connectivity index (χ4n) is 3.37. The summed E-state index contributed by atoms with van der Waals surface area (Å²) in [7, 11) is 0. The number of fused-ring (bicyclic) bond motifs is 3. The summed E-state index contributed by atoms with van der Waals surface area (Å²) in [4.78, 5) is 23.7. The Kier molecular flexibility index (Phi) is 5.80. The number of carbonyl (C=O) groups excluding carboxylic acids is 1. The van der Waals surface area contributed by atoms with Gasteiger partial charge in [0, 0.05) is 5.92 Å². The van der Waals surface area contributed by atoms with E-state index in [2.05, 4.69) is 23.0 Å². The van der Waals surface area contributed by atoms with Crippen molar-refractivity contribution < 1.29 is 19.4 Å². The number of carbonyl (C=O) groups is 2. The molecule has 0 fully saturated rings. The van der Waals surface area contributed by atoms with Gasteiger partial charge in [-0.2, -0.15) is 0 Å². The molecule has 0 aliphatic heterocycles. The first kappa shape index (κ1) is 19.6. The second kappa shape index (κ2) is 8.27. The van der Waals surface area contributed by atoms with Crippen molar-refractivity contribution in [1.29, 1.82) is 0 Å². The Labute approximate surface area is 164 Å². The van der Waals surface area contributed by atoms with E-state index >= 15 is 0 Å². The maximum atomic E-state index is 12.2. The molecule has 0 saturated carbocycles. The lowest BCUT2D eigenvalue weighted by Crippen LogP contribution is -2.57. The Bertz CT molecular complexity index is 863. The van der Waals surface area contributed by atoms with E-state index < -0.39 is 17.6 Å². The van der Waals surface area contributed by atoms with Gasteiger partial charge in [-0.05, 0) is 42.5 Å². The Morgan fingerprint density at radius 3 is 2.21 bits per heavy atom. The number of hydrogen-bond donors (Lipinski definition) is 3. The molecule has 0 radical (unpaired) electrons. The van der Waals surface area contributed by atoms with Gasteiger partial charge in [-0.15, -0.1) is 0 Å². The predicted octanol–water partition coefficient (Wildman–Crippen LogP) is 3.84. The maximum Gasteiger partial charge on any atom is 0.421 e. The molecule has 2 aromatic carbocycles. The van der Waals surface area contributed by atoms with Crippen molar-refractivity contribution in [2.75, 3.05) is 6.61 Å². The molecule has 3 rings (SSSR count). The van der Waals surface area contributed by atoms with Crippen molar-refractivity contribution in [2.24, 2.45) is 0 Å². The van der Waals surface area contributed by atoms with Crippen LogP contribution in [0, 0.1) is 0 Å². The number of benzene rings is 2. The van der Waals surface area contributed by atoms with Crippen molar-refractivity contribution in [3.8, 4) is 11.1 Å². The Hall–Kier alpha value is -3.12. The number of carboxylic acid groups (broad SMARTS) is 1. The zero-order chi connectivity index (χ0) is 20.1. The molecular weight excluding hydrogens is 356 g/mol. The smallest absolute Gasteiger partial charge is 0.421 e. The van der Waals surface area contributed by atoms with Gasteiger partial charge in [0.05, 0.1) is 0 Å². The molecule has 146 valence electrons. The van der Waals surface area contributed by atoms with Crippen LogP contribution in [0.2, 0.25) is 0 Å². The first-order valence-electron chi connectivity index (χ1n) is 9.19. The van der Waals surface area contributed by atoms with E-state index in [0.717, 1.165) is 22.3 Å². The van der Waals surface area contributed by atoms with Gasteiger partial charge < -0.3 is 9.84 Å². The maximum absolute atomic E-state index is 12.2. The molecule has 1 aliphatic carbocycles. The van der Waals surface area contributed by atoms with Crippen LogP contribution < -0.4 is 10.9 Å². The van der Waals surface area contributed by atoms with Gasteiger partial charge in [0.2, 0.25) is 0 Å². The first-order chi connectivity index (χ1) is 13.5. The summed E-state index contributed by atoms with van der Waals surface area (Å²) in [5, 5.41) is 9.40. The molecule has 0 bridgehead atoms. The molecule has 6 nitrogen and oxygen atoms in total. The quantitative estimate of drug-likeness (QED) is 0.502. The highest BCUT2D eigenvalue weighted by Gasteiger charge is 2.33. The minimum absolute atomic E-state index is 0.0490. The zero-order valence-corrected chi connectivity index (χ0v) is 15.9. The summed E-state index contributed by atoms with van der Waals surface area (Å²) in [6.45, 7) is 3.47. The average molecular weight is 380 g/mol. The number of ether oxygens (including phenoxy) is 1. The van der Waals surface area contributed by atoms with Crippen LogP contribution in [0.15, 0.2) is 60.7 Å². The van der Waals surface area contributed by atoms with Gasteiger partial charge in [0.1, 0.15) is 12.1 Å². The van der Waals surface area contributed by atoms with Crippen molar-refractivity contribution in [1.82, 2.24) is 10.9 Å². The number of amides is 1. The Balaban J connectivity index is 1.64. The molecule has 1 unspecified atom stereocenters. The predicted molar refractivity (Wildman–Crippen MR) is 107 cm³/mol. The van der Waals surface area contributed by atoms with Crippen LogP contribution in [0.25, 0.3) is 11.1 Å². The van der Waals surface area contributed by atoms with E-state index in [1.54, 1.807) is 19.1 Å². The van der Waals surface area contributed by atoms with E-state index in [9.17, 15) is 14.7 Å². The monoisotopic (exact) mass is 380 g/mol. The van der Waals surface area contributed by atoms with Crippen LogP contribution in [-0.2, 0) is 9.53 Å². The average Bonchev–Trinajstić information content (AvgIpc) is 3.03. The van der Waals surface area contributed by atoms with Crippen LogP contribution in [-0.4, -0.2) is 29.3 Å². The normalized spacial score (nSPS) is 14.9. The lowest BCUT2D eigenvalue weighted by molar-refractivity contribution is -0.144. The highest BCUT2D eigenvalue weighted by Crippen LogP contribution is 2.44. The van der Waals surface area contributed by atoms with Gasteiger partial charge in [0.25, 0.3) is 0 Å². The highest BCUT2D eigenvalue weighted by molar-refractivity contribution is 5.80. The minimum atomic E-state index is -1.32. The molecule has 1 atom stereocenters. The number of carboxylic acids is 1. The third-order valence-corrected chi connectivity index (χ3v) is 5.02. The van der Waals surface area contributed by atoms with Crippen molar-refractivity contribution in [2.45, 2.75) is 31.7 Å². The third kappa shape index (κ3) is 3.92. The SMILES string of the molecule is CC=CCC(C)(NNC(=O)OCC1c2ccccc2-c2ccccc21)C(=O)O. The lowest BCUT2D eigenvalue weighted by Gasteiger charge is -2.25. The fourth-order valence-corrected chi connectivity index (χ4v) is 3.37. The molecule has 2 aromatic rings. The van der Waals surface area contributed by atoms with Crippen molar-refractivity contribution in [3.63, 3.8) is 0 Å². The van der Waals surface area contributed by atoms with E-state index in [1.165, 1.54) is 6.92 Å². The summed E-state index contributed by atoms with van der Waals surface area (Å²) in [6, 6.07) is 16.1. The second-order valence-electron chi connectivity index (χ2n) is 6.99. The molecule has 28 heavy (non-hydrogen) atoms. The number of hydrogen-bond acceptors (Lipinski definition) is 4. The summed E-state index contributed by atoms with van der Waals surface area (Å²) >= 11 is 0. The molecule has 0 spiro atoms. The molecule has 0 aromatic heterocycles. The topological polar surface area (TPSA) is 87.7 Å². The molecule has 3 N–H and O–H groups in total. The van der Waals surface area contributed by atoms with E-state index in [0.29, 0.717) is 0 Å². The molecule has 6 heteroatoms. The summed E-state index contributed by atoms with van der Waals surface area (Å²) in [5.41, 5.74) is 8.14. The number of nitrogens with one attached hydrogen (secondary N) is 2. The fraction of sp³-hybridized carbons (Fsp3) is 0.273. The summed E-state index contributed by atoms with van der Waals surface area (Å²) < 4.78 is 5.40. The van der Waals surface area contributed by atoms with Crippen molar-refractivity contribution >= 4 is 12.1 Å². The number of allylic oxidation sites excluding steroid dienone is 1. The van der Waals surface area contributed by atoms with Gasteiger partial charge in [0.15, 0.2) is 0 Å².